The number of aliphatic hydroxyl groups is 1. The van der Waals surface area contributed by atoms with Crippen LogP contribution in [0.5, 0.6) is 0 Å². The van der Waals surface area contributed by atoms with Crippen LogP contribution in [0, 0.1) is 17.6 Å². The van der Waals surface area contributed by atoms with Crippen molar-refractivity contribution in [3.63, 3.8) is 0 Å². The van der Waals surface area contributed by atoms with E-state index in [1.54, 1.807) is 17.0 Å². The molecule has 0 aromatic heterocycles. The Labute approximate surface area is 170 Å². The average Bonchev–Trinajstić information content (AvgIpc) is 2.68. The first-order chi connectivity index (χ1) is 13.8. The molecule has 0 saturated carbocycles. The van der Waals surface area contributed by atoms with E-state index in [4.69, 9.17) is 4.74 Å². The third kappa shape index (κ3) is 4.27. The molecule has 2 unspecified atom stereocenters. The molecule has 0 aliphatic carbocycles. The van der Waals surface area contributed by atoms with Crippen molar-refractivity contribution in [2.75, 3.05) is 13.2 Å². The van der Waals surface area contributed by atoms with E-state index < -0.39 is 17.2 Å². The minimum atomic E-state index is -0.633. The third-order valence-corrected chi connectivity index (χ3v) is 5.99. The number of hydrogen-bond donors (Lipinski definition) is 1. The van der Waals surface area contributed by atoms with Gasteiger partial charge < -0.3 is 14.7 Å². The number of cyclic esters (lactones) is 1. The van der Waals surface area contributed by atoms with Gasteiger partial charge >= 0.3 is 6.09 Å². The number of aliphatic hydroxyl groups excluding tert-OH is 1. The summed E-state index contributed by atoms with van der Waals surface area (Å²) in [6, 6.07) is 10.5. The van der Waals surface area contributed by atoms with Crippen LogP contribution < -0.4 is 0 Å². The maximum Gasteiger partial charge on any atom is 0.410 e. The highest BCUT2D eigenvalue weighted by atomic mass is 19.1. The predicted octanol–water partition coefficient (Wildman–Crippen LogP) is 5.31. The number of carbonyl (C=O) groups excluding carboxylic acids is 1. The molecular formula is C23H27F2NO3. The lowest BCUT2D eigenvalue weighted by Crippen LogP contribution is -2.53. The van der Waals surface area contributed by atoms with E-state index in [1.807, 2.05) is 32.9 Å². The van der Waals surface area contributed by atoms with Gasteiger partial charge in [0, 0.05) is 37.6 Å². The Morgan fingerprint density at radius 2 is 1.83 bits per heavy atom. The van der Waals surface area contributed by atoms with Crippen molar-refractivity contribution in [3.05, 3.63) is 59.7 Å². The molecule has 156 valence electrons. The van der Waals surface area contributed by atoms with Crippen LogP contribution >= 0.6 is 0 Å². The standard InChI is InChI=1S/C23H27F2NO3/c1-15(2)23(11-13-27)10-12-26(22(28)29-23)16(3)17-4-6-18(7-5-17)20-9-8-19(24)14-21(20)25/h4-9,14-16,27H,10-13H2,1-3H3. The zero-order chi connectivity index (χ0) is 21.2. The van der Waals surface area contributed by atoms with Gasteiger partial charge in [0.15, 0.2) is 0 Å². The van der Waals surface area contributed by atoms with Crippen LogP contribution in [0.1, 0.15) is 45.2 Å². The van der Waals surface area contributed by atoms with Crippen molar-refractivity contribution in [1.82, 2.24) is 4.90 Å². The molecule has 3 rings (SSSR count). The van der Waals surface area contributed by atoms with Crippen LogP contribution in [0.4, 0.5) is 13.6 Å². The third-order valence-electron chi connectivity index (χ3n) is 5.99. The lowest BCUT2D eigenvalue weighted by atomic mass is 9.83. The molecule has 2 aromatic carbocycles. The molecule has 0 bridgehead atoms. The van der Waals surface area contributed by atoms with Crippen LogP contribution in [0.2, 0.25) is 0 Å². The number of amides is 1. The van der Waals surface area contributed by atoms with E-state index in [9.17, 15) is 18.7 Å². The molecule has 6 heteroatoms. The second kappa shape index (κ2) is 8.49. The molecule has 1 heterocycles. The first-order valence-corrected chi connectivity index (χ1v) is 9.93. The fraction of sp³-hybridized carbons (Fsp3) is 0.435. The number of carbonyl (C=O) groups is 1. The lowest BCUT2D eigenvalue weighted by molar-refractivity contribution is -0.0929. The van der Waals surface area contributed by atoms with E-state index in [0.29, 0.717) is 30.5 Å². The fourth-order valence-corrected chi connectivity index (χ4v) is 3.94. The molecule has 1 fully saturated rings. The van der Waals surface area contributed by atoms with Crippen molar-refractivity contribution in [2.45, 2.75) is 45.3 Å². The van der Waals surface area contributed by atoms with Gasteiger partial charge in [-0.25, -0.2) is 13.6 Å². The van der Waals surface area contributed by atoms with Gasteiger partial charge in [-0.2, -0.15) is 0 Å². The first kappa shape index (κ1) is 21.2. The highest BCUT2D eigenvalue weighted by molar-refractivity contribution is 5.70. The monoisotopic (exact) mass is 403 g/mol. The molecule has 29 heavy (non-hydrogen) atoms. The minimum absolute atomic E-state index is 0.0254. The summed E-state index contributed by atoms with van der Waals surface area (Å²) in [7, 11) is 0. The van der Waals surface area contributed by atoms with Gasteiger partial charge in [-0.15, -0.1) is 0 Å². The van der Waals surface area contributed by atoms with E-state index in [2.05, 4.69) is 0 Å². The molecule has 2 aromatic rings. The molecule has 1 aliphatic heterocycles. The minimum Gasteiger partial charge on any atom is -0.442 e. The van der Waals surface area contributed by atoms with Crippen molar-refractivity contribution in [3.8, 4) is 11.1 Å². The molecule has 1 aliphatic rings. The number of hydrogen-bond acceptors (Lipinski definition) is 3. The van der Waals surface area contributed by atoms with E-state index in [0.717, 1.165) is 11.6 Å². The Kier molecular flexibility index (Phi) is 6.22. The number of rotatable bonds is 6. The molecular weight excluding hydrogens is 376 g/mol. The Morgan fingerprint density at radius 3 is 2.38 bits per heavy atom. The number of halogens is 2. The Hall–Kier alpha value is -2.47. The summed E-state index contributed by atoms with van der Waals surface area (Å²) < 4.78 is 32.9. The number of ether oxygens (including phenoxy) is 1. The van der Waals surface area contributed by atoms with E-state index >= 15 is 0 Å². The van der Waals surface area contributed by atoms with Crippen LogP contribution in [0.15, 0.2) is 42.5 Å². The number of nitrogens with zero attached hydrogens (tertiary/aromatic N) is 1. The topological polar surface area (TPSA) is 49.8 Å². The van der Waals surface area contributed by atoms with E-state index in [-0.39, 0.29) is 24.7 Å². The highest BCUT2D eigenvalue weighted by Crippen LogP contribution is 2.37. The maximum atomic E-state index is 14.0. The zero-order valence-corrected chi connectivity index (χ0v) is 17.0. The summed E-state index contributed by atoms with van der Waals surface area (Å²) in [5, 5.41) is 9.37. The smallest absolute Gasteiger partial charge is 0.410 e. The molecule has 0 radical (unpaired) electrons. The second-order valence-electron chi connectivity index (χ2n) is 7.93. The molecule has 0 spiro atoms. The van der Waals surface area contributed by atoms with Gasteiger partial charge in [0.2, 0.25) is 0 Å². The van der Waals surface area contributed by atoms with Gasteiger partial charge in [0.25, 0.3) is 0 Å². The maximum absolute atomic E-state index is 14.0. The summed E-state index contributed by atoms with van der Waals surface area (Å²) in [4.78, 5) is 14.4. The molecule has 1 amide bonds. The van der Waals surface area contributed by atoms with Crippen molar-refractivity contribution in [1.29, 1.82) is 0 Å². The average molecular weight is 403 g/mol. The quantitative estimate of drug-likeness (QED) is 0.711. The summed E-state index contributed by atoms with van der Waals surface area (Å²) >= 11 is 0. The Bertz CT molecular complexity index is 869. The largest absolute Gasteiger partial charge is 0.442 e. The van der Waals surface area contributed by atoms with Crippen molar-refractivity contribution in [2.24, 2.45) is 5.92 Å². The van der Waals surface area contributed by atoms with Gasteiger partial charge in [-0.05, 0) is 36.1 Å². The highest BCUT2D eigenvalue weighted by Gasteiger charge is 2.43. The van der Waals surface area contributed by atoms with Crippen LogP contribution in [-0.4, -0.2) is 34.9 Å². The van der Waals surface area contributed by atoms with Gasteiger partial charge in [0.05, 0.1) is 6.04 Å². The molecule has 1 saturated heterocycles. The zero-order valence-electron chi connectivity index (χ0n) is 17.0. The van der Waals surface area contributed by atoms with Gasteiger partial charge in [-0.1, -0.05) is 38.1 Å². The van der Waals surface area contributed by atoms with Crippen molar-refractivity contribution >= 4 is 6.09 Å². The first-order valence-electron chi connectivity index (χ1n) is 9.93. The van der Waals surface area contributed by atoms with Crippen molar-refractivity contribution < 1.29 is 23.4 Å². The second-order valence-corrected chi connectivity index (χ2v) is 7.93. The predicted molar refractivity (Wildman–Crippen MR) is 107 cm³/mol. The Balaban J connectivity index is 1.75. The molecule has 2 atom stereocenters. The summed E-state index contributed by atoms with van der Waals surface area (Å²) in [5.74, 6) is -1.11. The molecule has 1 N–H and O–H groups in total. The normalized spacial score (nSPS) is 20.7. The van der Waals surface area contributed by atoms with Crippen LogP contribution in [-0.2, 0) is 4.74 Å². The fourth-order valence-electron chi connectivity index (χ4n) is 3.94. The van der Waals surface area contributed by atoms with Gasteiger partial charge in [0.1, 0.15) is 17.2 Å². The van der Waals surface area contributed by atoms with E-state index in [1.165, 1.54) is 12.1 Å². The lowest BCUT2D eigenvalue weighted by Gasteiger charge is -2.45. The number of benzene rings is 2. The summed E-state index contributed by atoms with van der Waals surface area (Å²) in [6.07, 6.45) is 0.691. The van der Waals surface area contributed by atoms with Crippen LogP contribution in [0.3, 0.4) is 0 Å². The molecule has 4 nitrogen and oxygen atoms in total. The van der Waals surface area contributed by atoms with Gasteiger partial charge in [-0.3, -0.25) is 0 Å². The summed E-state index contributed by atoms with van der Waals surface area (Å²) in [6.45, 7) is 6.42. The van der Waals surface area contributed by atoms with Crippen LogP contribution in [0.25, 0.3) is 11.1 Å². The summed E-state index contributed by atoms with van der Waals surface area (Å²) in [5.41, 5.74) is 1.23. The Morgan fingerprint density at radius 1 is 1.14 bits per heavy atom. The SMILES string of the molecule is CC(c1ccc(-c2ccc(F)cc2F)cc1)N1CCC(CCO)(C(C)C)OC1=O.